The van der Waals surface area contributed by atoms with E-state index in [4.69, 9.17) is 19.4 Å². The number of carbonyl (C=O) groups excluding carboxylic acids is 1. The monoisotopic (exact) mass is 339 g/mol. The predicted molar refractivity (Wildman–Crippen MR) is 94.8 cm³/mol. The molecule has 0 amide bonds. The number of anilines is 1. The SMILES string of the molecule is COC(=O)c1ccc2nc(C3C=COC3)c(N3CCC[C@@H]3C)nc2c1. The molecule has 2 aromatic rings. The Morgan fingerprint density at radius 1 is 1.32 bits per heavy atom. The van der Waals surface area contributed by atoms with Crippen LogP contribution in [-0.4, -0.2) is 42.2 Å². The van der Waals surface area contributed by atoms with Gasteiger partial charge in [0.25, 0.3) is 0 Å². The molecule has 1 unspecified atom stereocenters. The number of hydrogen-bond donors (Lipinski definition) is 0. The van der Waals surface area contributed by atoms with Gasteiger partial charge in [-0.3, -0.25) is 0 Å². The molecule has 2 aliphatic heterocycles. The van der Waals surface area contributed by atoms with Crippen LogP contribution < -0.4 is 4.90 Å². The van der Waals surface area contributed by atoms with E-state index in [9.17, 15) is 4.79 Å². The fourth-order valence-corrected chi connectivity index (χ4v) is 3.55. The summed E-state index contributed by atoms with van der Waals surface area (Å²) in [6.45, 7) is 3.78. The molecule has 25 heavy (non-hydrogen) atoms. The molecule has 1 aromatic carbocycles. The highest BCUT2D eigenvalue weighted by molar-refractivity contribution is 5.93. The summed E-state index contributed by atoms with van der Waals surface area (Å²) >= 11 is 0. The van der Waals surface area contributed by atoms with Gasteiger partial charge >= 0.3 is 5.97 Å². The lowest BCUT2D eigenvalue weighted by atomic mass is 10.1. The third kappa shape index (κ3) is 2.81. The molecule has 6 heteroatoms. The molecule has 1 fully saturated rings. The smallest absolute Gasteiger partial charge is 0.337 e. The Bertz CT molecular complexity index is 849. The van der Waals surface area contributed by atoms with Crippen molar-refractivity contribution in [2.24, 2.45) is 0 Å². The summed E-state index contributed by atoms with van der Waals surface area (Å²) < 4.78 is 10.2. The quantitative estimate of drug-likeness (QED) is 0.801. The lowest BCUT2D eigenvalue weighted by molar-refractivity contribution is 0.0601. The number of methoxy groups -OCH3 is 1. The van der Waals surface area contributed by atoms with Gasteiger partial charge in [-0.1, -0.05) is 0 Å². The van der Waals surface area contributed by atoms with Crippen molar-refractivity contribution in [2.75, 3.05) is 25.2 Å². The Morgan fingerprint density at radius 2 is 2.20 bits per heavy atom. The third-order valence-electron chi connectivity index (χ3n) is 4.95. The molecule has 2 aliphatic rings. The minimum Gasteiger partial charge on any atom is -0.500 e. The number of carbonyl (C=O) groups is 1. The predicted octanol–water partition coefficient (Wildman–Crippen LogP) is 3.03. The van der Waals surface area contributed by atoms with E-state index < -0.39 is 0 Å². The first-order valence-electron chi connectivity index (χ1n) is 8.62. The first kappa shape index (κ1) is 15.9. The normalized spacial score (nSPS) is 22.4. The second-order valence-electron chi connectivity index (χ2n) is 6.58. The molecule has 0 aliphatic carbocycles. The maximum Gasteiger partial charge on any atom is 0.337 e. The van der Waals surface area contributed by atoms with Crippen LogP contribution in [0.2, 0.25) is 0 Å². The highest BCUT2D eigenvalue weighted by Crippen LogP contribution is 2.34. The van der Waals surface area contributed by atoms with Crippen LogP contribution in [0.25, 0.3) is 11.0 Å². The highest BCUT2D eigenvalue weighted by Gasteiger charge is 2.29. The van der Waals surface area contributed by atoms with Crippen molar-refractivity contribution in [2.45, 2.75) is 31.7 Å². The number of aromatic nitrogens is 2. The van der Waals surface area contributed by atoms with Crippen LogP contribution in [0.5, 0.6) is 0 Å². The molecule has 0 N–H and O–H groups in total. The van der Waals surface area contributed by atoms with Crippen molar-refractivity contribution in [3.63, 3.8) is 0 Å². The van der Waals surface area contributed by atoms with E-state index in [-0.39, 0.29) is 11.9 Å². The number of ether oxygens (including phenoxy) is 2. The minimum absolute atomic E-state index is 0.111. The van der Waals surface area contributed by atoms with Gasteiger partial charge in [0.2, 0.25) is 0 Å². The van der Waals surface area contributed by atoms with Gasteiger partial charge in [0.05, 0.1) is 48.2 Å². The zero-order valence-electron chi connectivity index (χ0n) is 14.4. The first-order chi connectivity index (χ1) is 12.2. The Labute approximate surface area is 146 Å². The van der Waals surface area contributed by atoms with E-state index in [1.165, 1.54) is 7.11 Å². The number of nitrogens with zero attached hydrogens (tertiary/aromatic N) is 3. The zero-order valence-corrected chi connectivity index (χ0v) is 14.4. The Morgan fingerprint density at radius 3 is 2.88 bits per heavy atom. The zero-order chi connectivity index (χ0) is 17.4. The fourth-order valence-electron chi connectivity index (χ4n) is 3.55. The molecule has 0 spiro atoms. The summed E-state index contributed by atoms with van der Waals surface area (Å²) in [6.07, 6.45) is 6.06. The summed E-state index contributed by atoms with van der Waals surface area (Å²) in [5, 5.41) is 0. The van der Waals surface area contributed by atoms with Gasteiger partial charge in [0.1, 0.15) is 0 Å². The topological polar surface area (TPSA) is 64.6 Å². The standard InChI is InChI=1S/C19H21N3O3/c1-12-4-3-8-22(12)18-17(14-7-9-25-11-14)20-15-6-5-13(19(23)24-2)10-16(15)21-18/h5-7,9-10,12,14H,3-4,8,11H2,1-2H3/t12-,14?/m0/s1. The Hall–Kier alpha value is -2.63. The molecule has 130 valence electrons. The van der Waals surface area contributed by atoms with Crippen LogP contribution in [0.1, 0.15) is 41.7 Å². The molecule has 0 saturated carbocycles. The molecule has 1 aromatic heterocycles. The molecule has 3 heterocycles. The maximum absolute atomic E-state index is 11.8. The van der Waals surface area contributed by atoms with Crippen LogP contribution in [0.15, 0.2) is 30.5 Å². The van der Waals surface area contributed by atoms with Crippen LogP contribution in [0, 0.1) is 0 Å². The summed E-state index contributed by atoms with van der Waals surface area (Å²) in [7, 11) is 1.38. The van der Waals surface area contributed by atoms with E-state index in [0.717, 1.165) is 36.4 Å². The van der Waals surface area contributed by atoms with Gasteiger partial charge < -0.3 is 14.4 Å². The van der Waals surface area contributed by atoms with E-state index >= 15 is 0 Å². The van der Waals surface area contributed by atoms with Gasteiger partial charge in [-0.15, -0.1) is 0 Å². The lowest BCUT2D eigenvalue weighted by Gasteiger charge is -2.26. The van der Waals surface area contributed by atoms with Gasteiger partial charge in [-0.2, -0.15) is 0 Å². The van der Waals surface area contributed by atoms with Gasteiger partial charge in [-0.25, -0.2) is 14.8 Å². The van der Waals surface area contributed by atoms with E-state index in [0.29, 0.717) is 23.7 Å². The number of esters is 1. The van der Waals surface area contributed by atoms with E-state index in [1.807, 2.05) is 12.1 Å². The average Bonchev–Trinajstić information content (AvgIpc) is 3.31. The molecular formula is C19H21N3O3. The van der Waals surface area contributed by atoms with Crippen molar-refractivity contribution < 1.29 is 14.3 Å². The molecule has 2 atom stereocenters. The third-order valence-corrected chi connectivity index (χ3v) is 4.95. The Kier molecular flexibility index (Phi) is 4.03. The van der Waals surface area contributed by atoms with Crippen molar-refractivity contribution in [3.8, 4) is 0 Å². The molecule has 1 saturated heterocycles. The molecular weight excluding hydrogens is 318 g/mol. The van der Waals surface area contributed by atoms with E-state index in [2.05, 4.69) is 11.8 Å². The molecule has 0 bridgehead atoms. The summed E-state index contributed by atoms with van der Waals surface area (Å²) in [5.41, 5.74) is 2.92. The van der Waals surface area contributed by atoms with Crippen molar-refractivity contribution in [1.82, 2.24) is 9.97 Å². The molecule has 0 radical (unpaired) electrons. The largest absolute Gasteiger partial charge is 0.500 e. The van der Waals surface area contributed by atoms with Gasteiger partial charge in [0, 0.05) is 12.6 Å². The lowest BCUT2D eigenvalue weighted by Crippen LogP contribution is -2.29. The molecule has 6 nitrogen and oxygen atoms in total. The van der Waals surface area contributed by atoms with Gasteiger partial charge in [0.15, 0.2) is 5.82 Å². The van der Waals surface area contributed by atoms with Crippen LogP contribution in [-0.2, 0) is 9.47 Å². The number of benzene rings is 1. The maximum atomic E-state index is 11.8. The van der Waals surface area contributed by atoms with Crippen molar-refractivity contribution in [1.29, 1.82) is 0 Å². The fraction of sp³-hybridized carbons (Fsp3) is 0.421. The number of rotatable bonds is 3. The van der Waals surface area contributed by atoms with Crippen molar-refractivity contribution in [3.05, 3.63) is 41.8 Å². The summed E-state index contributed by atoms with van der Waals surface area (Å²) in [5.74, 6) is 0.649. The van der Waals surface area contributed by atoms with Crippen LogP contribution >= 0.6 is 0 Å². The number of hydrogen-bond acceptors (Lipinski definition) is 6. The average molecular weight is 339 g/mol. The van der Waals surface area contributed by atoms with Crippen LogP contribution in [0.4, 0.5) is 5.82 Å². The van der Waals surface area contributed by atoms with E-state index in [1.54, 1.807) is 18.4 Å². The second kappa shape index (κ2) is 6.35. The highest BCUT2D eigenvalue weighted by atomic mass is 16.5. The molecule has 4 rings (SSSR count). The first-order valence-corrected chi connectivity index (χ1v) is 8.62. The second-order valence-corrected chi connectivity index (χ2v) is 6.58. The summed E-state index contributed by atoms with van der Waals surface area (Å²) in [6, 6.07) is 5.74. The van der Waals surface area contributed by atoms with Crippen LogP contribution in [0.3, 0.4) is 0 Å². The summed E-state index contributed by atoms with van der Waals surface area (Å²) in [4.78, 5) is 23.9. The van der Waals surface area contributed by atoms with Crippen molar-refractivity contribution >= 4 is 22.8 Å². The Balaban J connectivity index is 1.86. The number of fused-ring (bicyclic) bond motifs is 1. The van der Waals surface area contributed by atoms with Gasteiger partial charge in [-0.05, 0) is 44.0 Å². The minimum atomic E-state index is -0.365.